The van der Waals surface area contributed by atoms with Crippen LogP contribution >= 0.6 is 0 Å². The number of carbonyl (C=O) groups is 3. The van der Waals surface area contributed by atoms with Gasteiger partial charge in [-0.25, -0.2) is 4.79 Å². The highest BCUT2D eigenvalue weighted by molar-refractivity contribution is 5.71. The molecular formula is C58H94NO8+. The Morgan fingerprint density at radius 2 is 0.806 bits per heavy atom. The van der Waals surface area contributed by atoms with E-state index in [4.69, 9.17) is 18.9 Å². The van der Waals surface area contributed by atoms with Gasteiger partial charge in [-0.05, 0) is 103 Å². The second kappa shape index (κ2) is 48.2. The van der Waals surface area contributed by atoms with Crippen molar-refractivity contribution in [3.8, 4) is 0 Å². The summed E-state index contributed by atoms with van der Waals surface area (Å²) in [5, 5.41) is 9.66. The summed E-state index contributed by atoms with van der Waals surface area (Å²) in [6, 6.07) is 0. The number of carboxylic acid groups (broad SMARTS) is 1. The number of aliphatic carboxylic acids is 1. The first-order valence-corrected chi connectivity index (χ1v) is 25.7. The molecule has 1 N–H and O–H groups in total. The van der Waals surface area contributed by atoms with E-state index in [1.54, 1.807) is 0 Å². The molecule has 0 aliphatic rings. The predicted molar refractivity (Wildman–Crippen MR) is 281 cm³/mol. The van der Waals surface area contributed by atoms with Crippen LogP contribution in [0.5, 0.6) is 0 Å². The van der Waals surface area contributed by atoms with Crippen molar-refractivity contribution < 1.29 is 42.9 Å². The zero-order valence-electron chi connectivity index (χ0n) is 42.8. The van der Waals surface area contributed by atoms with Crippen LogP contribution < -0.4 is 0 Å². The minimum atomic E-state index is -1.53. The maximum atomic E-state index is 12.8. The lowest BCUT2D eigenvalue weighted by Crippen LogP contribution is -2.40. The van der Waals surface area contributed by atoms with Gasteiger partial charge in [0, 0.05) is 12.8 Å². The number of carboxylic acids is 1. The summed E-state index contributed by atoms with van der Waals surface area (Å²) in [5.74, 6) is -2.08. The molecule has 0 rings (SSSR count). The number of hydrogen-bond acceptors (Lipinski definition) is 7. The molecule has 378 valence electrons. The first kappa shape index (κ1) is 62.7. The Balaban J connectivity index is 4.35. The molecule has 0 aromatic heterocycles. The molecule has 0 radical (unpaired) electrons. The quantitative estimate of drug-likeness (QED) is 0.0211. The molecule has 0 amide bonds. The number of allylic oxidation sites excluding steroid dienone is 20. The van der Waals surface area contributed by atoms with Crippen molar-refractivity contribution in [3.05, 3.63) is 122 Å². The molecule has 0 saturated carbocycles. The molecule has 0 aliphatic carbocycles. The first-order valence-electron chi connectivity index (χ1n) is 25.7. The van der Waals surface area contributed by atoms with E-state index in [-0.39, 0.29) is 38.6 Å². The fraction of sp³-hybridized carbons (Fsp3) is 0.603. The fourth-order valence-electron chi connectivity index (χ4n) is 6.30. The zero-order chi connectivity index (χ0) is 49.2. The third-order valence-electron chi connectivity index (χ3n) is 10.2. The van der Waals surface area contributed by atoms with Gasteiger partial charge < -0.3 is 28.5 Å². The smallest absolute Gasteiger partial charge is 0.361 e. The Bertz CT molecular complexity index is 1510. The lowest BCUT2D eigenvalue weighted by Gasteiger charge is -2.25. The Morgan fingerprint density at radius 3 is 1.21 bits per heavy atom. The summed E-state index contributed by atoms with van der Waals surface area (Å²) in [6.45, 7) is 4.56. The number of unbranched alkanes of at least 4 members (excludes halogenated alkanes) is 10. The molecule has 0 spiro atoms. The predicted octanol–water partition coefficient (Wildman–Crippen LogP) is 14.6. The van der Waals surface area contributed by atoms with Crippen LogP contribution in [-0.2, 0) is 33.3 Å². The average molecular weight is 933 g/mol. The largest absolute Gasteiger partial charge is 0.477 e. The van der Waals surface area contributed by atoms with E-state index < -0.39 is 24.3 Å². The van der Waals surface area contributed by atoms with Crippen LogP contribution in [0, 0.1) is 0 Å². The third kappa shape index (κ3) is 49.4. The molecule has 2 atom stereocenters. The summed E-state index contributed by atoms with van der Waals surface area (Å²) in [6.07, 6.45) is 64.1. The molecule has 0 aliphatic heterocycles. The van der Waals surface area contributed by atoms with E-state index in [1.165, 1.54) is 19.3 Å². The lowest BCUT2D eigenvalue weighted by molar-refractivity contribution is -0.870. The molecule has 67 heavy (non-hydrogen) atoms. The van der Waals surface area contributed by atoms with Crippen LogP contribution in [0.25, 0.3) is 0 Å². The summed E-state index contributed by atoms with van der Waals surface area (Å²) in [4.78, 5) is 37.2. The van der Waals surface area contributed by atoms with Crippen LogP contribution in [0.4, 0.5) is 0 Å². The van der Waals surface area contributed by atoms with E-state index in [1.807, 2.05) is 21.1 Å². The van der Waals surface area contributed by atoms with Crippen LogP contribution in [0.1, 0.15) is 168 Å². The van der Waals surface area contributed by atoms with Gasteiger partial charge in [-0.15, -0.1) is 0 Å². The van der Waals surface area contributed by atoms with Gasteiger partial charge in [0.05, 0.1) is 34.4 Å². The first-order chi connectivity index (χ1) is 32.6. The lowest BCUT2D eigenvalue weighted by atomic mass is 10.1. The summed E-state index contributed by atoms with van der Waals surface area (Å²) < 4.78 is 22.7. The van der Waals surface area contributed by atoms with Crippen molar-refractivity contribution in [1.82, 2.24) is 0 Å². The van der Waals surface area contributed by atoms with Crippen molar-refractivity contribution in [2.75, 3.05) is 47.5 Å². The number of nitrogens with zero attached hydrogens (tertiary/aromatic N) is 1. The average Bonchev–Trinajstić information content (AvgIpc) is 3.29. The van der Waals surface area contributed by atoms with Crippen molar-refractivity contribution >= 4 is 17.9 Å². The maximum absolute atomic E-state index is 12.8. The highest BCUT2D eigenvalue weighted by Gasteiger charge is 2.25. The number of quaternary nitrogens is 1. The third-order valence-corrected chi connectivity index (χ3v) is 10.2. The van der Waals surface area contributed by atoms with E-state index >= 15 is 0 Å². The van der Waals surface area contributed by atoms with Crippen molar-refractivity contribution in [2.24, 2.45) is 0 Å². The topological polar surface area (TPSA) is 108 Å². The second-order valence-electron chi connectivity index (χ2n) is 17.7. The van der Waals surface area contributed by atoms with E-state index in [2.05, 4.69) is 135 Å². The summed E-state index contributed by atoms with van der Waals surface area (Å²) in [5.41, 5.74) is 0. The highest BCUT2D eigenvalue weighted by atomic mass is 16.7. The minimum absolute atomic E-state index is 0.173. The van der Waals surface area contributed by atoms with Gasteiger partial charge in [0.1, 0.15) is 13.2 Å². The maximum Gasteiger partial charge on any atom is 0.361 e. The molecule has 0 saturated heterocycles. The monoisotopic (exact) mass is 933 g/mol. The van der Waals surface area contributed by atoms with Crippen molar-refractivity contribution in [3.63, 3.8) is 0 Å². The number of carbonyl (C=O) groups excluding carboxylic acids is 2. The molecule has 0 fully saturated rings. The zero-order valence-corrected chi connectivity index (χ0v) is 42.8. The van der Waals surface area contributed by atoms with E-state index in [9.17, 15) is 19.5 Å². The Kier molecular flexibility index (Phi) is 45.1. The van der Waals surface area contributed by atoms with Gasteiger partial charge in [0.15, 0.2) is 6.10 Å². The minimum Gasteiger partial charge on any atom is -0.477 e. The van der Waals surface area contributed by atoms with Crippen LogP contribution in [0.15, 0.2) is 122 Å². The van der Waals surface area contributed by atoms with Crippen LogP contribution in [0.3, 0.4) is 0 Å². The second-order valence-corrected chi connectivity index (χ2v) is 17.7. The van der Waals surface area contributed by atoms with Gasteiger partial charge in [-0.2, -0.15) is 0 Å². The van der Waals surface area contributed by atoms with E-state index in [0.29, 0.717) is 23.9 Å². The Morgan fingerprint density at radius 1 is 0.448 bits per heavy atom. The SMILES string of the molecule is CC/C=C\C/C=C\C/C=C\C/C=C\C/C=C\C/C=C\C/C=C\CCCCCCCCCC(=O)OC(COC(=O)CCCCC/C=C\C/C=C\C/C=C\CC)COC(OCC[N+](C)(C)C)C(=O)O. The Hall–Kier alpha value is -4.31. The molecular weight excluding hydrogens is 839 g/mol. The highest BCUT2D eigenvalue weighted by Crippen LogP contribution is 2.13. The van der Waals surface area contributed by atoms with Gasteiger partial charge in [-0.1, -0.05) is 174 Å². The summed E-state index contributed by atoms with van der Waals surface area (Å²) in [7, 11) is 5.93. The normalized spacial score (nSPS) is 13.9. The number of hydrogen-bond donors (Lipinski definition) is 1. The fourth-order valence-corrected chi connectivity index (χ4v) is 6.30. The molecule has 9 nitrogen and oxygen atoms in total. The van der Waals surface area contributed by atoms with Crippen LogP contribution in [-0.4, -0.2) is 87.4 Å². The number of likely N-dealkylation sites (N-methyl/N-ethyl adjacent to an activating group) is 1. The van der Waals surface area contributed by atoms with E-state index in [0.717, 1.165) is 109 Å². The molecule has 0 aromatic rings. The van der Waals surface area contributed by atoms with Gasteiger partial charge in [0.25, 0.3) is 6.29 Å². The van der Waals surface area contributed by atoms with Gasteiger partial charge in [-0.3, -0.25) is 9.59 Å². The van der Waals surface area contributed by atoms with Crippen molar-refractivity contribution in [1.29, 1.82) is 0 Å². The van der Waals surface area contributed by atoms with Crippen LogP contribution in [0.2, 0.25) is 0 Å². The standard InChI is InChI=1S/C58H93NO8/c1-6-8-10-12-14-16-18-20-21-22-23-24-25-26-27-28-29-30-31-32-33-34-35-37-39-41-43-45-47-49-56(61)67-54(53-66-58(57(62)63)64-51-50-59(3,4)5)52-65-55(60)48-46-44-42-40-38-36-19-17-15-13-11-9-7-2/h8-11,14-17,20-21,23-24,26-27,29-30,32-33,36,38,54,58H,6-7,12-13,18-19,22,25,28,31,34-35,37,39-53H2,1-5H3/p+1/b10-8-,11-9-,16-14-,17-15-,21-20-,24-23-,27-26-,30-29-,33-32-,38-36-. The number of rotatable bonds is 45. The molecule has 0 heterocycles. The summed E-state index contributed by atoms with van der Waals surface area (Å²) >= 11 is 0. The Labute approximate surface area is 408 Å². The molecule has 0 aromatic carbocycles. The number of esters is 2. The molecule has 0 bridgehead atoms. The molecule has 2 unspecified atom stereocenters. The van der Waals surface area contributed by atoms with Crippen molar-refractivity contribution in [2.45, 2.75) is 180 Å². The van der Waals surface area contributed by atoms with Gasteiger partial charge >= 0.3 is 17.9 Å². The van der Waals surface area contributed by atoms with Gasteiger partial charge in [0.2, 0.25) is 0 Å². The molecule has 9 heteroatoms. The number of ether oxygens (including phenoxy) is 4.